The van der Waals surface area contributed by atoms with Crippen LogP contribution in [0.4, 0.5) is 0 Å². The summed E-state index contributed by atoms with van der Waals surface area (Å²) in [5, 5.41) is 15.1. The Morgan fingerprint density at radius 2 is 2.03 bits per heavy atom. The molecule has 0 saturated heterocycles. The molecule has 0 aliphatic heterocycles. The van der Waals surface area contributed by atoms with Crippen molar-refractivity contribution >= 4 is 40.6 Å². The fourth-order valence-electron chi connectivity index (χ4n) is 3.13. The molecular formula is C23H21ClN4O2S2. The highest BCUT2D eigenvalue weighted by atomic mass is 35.5. The summed E-state index contributed by atoms with van der Waals surface area (Å²) in [5.41, 5.74) is 1.66. The van der Waals surface area contributed by atoms with Gasteiger partial charge in [-0.25, -0.2) is 0 Å². The van der Waals surface area contributed by atoms with Crippen molar-refractivity contribution in [2.45, 2.75) is 18.1 Å². The number of methoxy groups -OCH3 is 1. The zero-order chi connectivity index (χ0) is 22.3. The molecule has 9 heteroatoms. The molecule has 0 spiro atoms. The normalized spacial score (nSPS) is 10.8. The number of carbonyl (C=O) groups is 1. The second-order valence-electron chi connectivity index (χ2n) is 6.78. The second kappa shape index (κ2) is 10.7. The topological polar surface area (TPSA) is 69.0 Å². The lowest BCUT2D eigenvalue weighted by atomic mass is 10.2. The number of amides is 1. The third-order valence-electron chi connectivity index (χ3n) is 4.64. The van der Waals surface area contributed by atoms with E-state index in [1.807, 2.05) is 70.6 Å². The van der Waals surface area contributed by atoms with E-state index in [9.17, 15) is 4.79 Å². The van der Waals surface area contributed by atoms with Crippen LogP contribution in [0.3, 0.4) is 0 Å². The Bertz CT molecular complexity index is 1190. The van der Waals surface area contributed by atoms with Gasteiger partial charge in [0.1, 0.15) is 5.75 Å². The smallest absolute Gasteiger partial charge is 0.221 e. The molecule has 2 aromatic carbocycles. The number of hydrogen-bond donors (Lipinski definition) is 1. The van der Waals surface area contributed by atoms with Gasteiger partial charge >= 0.3 is 0 Å². The van der Waals surface area contributed by atoms with Crippen LogP contribution in [-0.4, -0.2) is 33.5 Å². The Kier molecular flexibility index (Phi) is 7.47. The van der Waals surface area contributed by atoms with E-state index in [4.69, 9.17) is 16.3 Å². The molecule has 0 radical (unpaired) electrons. The van der Waals surface area contributed by atoms with Crippen LogP contribution in [0.2, 0.25) is 5.02 Å². The maximum Gasteiger partial charge on any atom is 0.221 e. The van der Waals surface area contributed by atoms with Crippen LogP contribution in [0.1, 0.15) is 11.3 Å². The Morgan fingerprint density at radius 3 is 2.81 bits per heavy atom. The van der Waals surface area contributed by atoms with Crippen molar-refractivity contribution in [3.05, 3.63) is 75.9 Å². The number of hydrogen-bond acceptors (Lipinski definition) is 6. The molecule has 0 aliphatic carbocycles. The molecule has 6 nitrogen and oxygen atoms in total. The average molecular weight is 485 g/mol. The number of ether oxygens (including phenoxy) is 1. The minimum atomic E-state index is 0.00400. The lowest BCUT2D eigenvalue weighted by Crippen LogP contribution is -2.22. The quantitative estimate of drug-likeness (QED) is 0.319. The van der Waals surface area contributed by atoms with Crippen molar-refractivity contribution in [2.24, 2.45) is 0 Å². The van der Waals surface area contributed by atoms with E-state index in [2.05, 4.69) is 15.5 Å². The maximum absolute atomic E-state index is 12.3. The molecule has 32 heavy (non-hydrogen) atoms. The summed E-state index contributed by atoms with van der Waals surface area (Å²) < 4.78 is 7.52. The number of para-hydroxylation sites is 2. The summed E-state index contributed by atoms with van der Waals surface area (Å²) in [6.45, 7) is 0.553. The van der Waals surface area contributed by atoms with E-state index in [0.29, 0.717) is 40.5 Å². The van der Waals surface area contributed by atoms with Gasteiger partial charge in [0.05, 0.1) is 19.3 Å². The molecule has 2 heterocycles. The monoisotopic (exact) mass is 484 g/mol. The number of aromatic nitrogens is 3. The van der Waals surface area contributed by atoms with Gasteiger partial charge < -0.3 is 10.1 Å². The summed E-state index contributed by atoms with van der Waals surface area (Å²) in [6.07, 6.45) is 0.376. The van der Waals surface area contributed by atoms with Gasteiger partial charge in [-0.3, -0.25) is 9.36 Å². The molecular weight excluding hydrogens is 464 g/mol. The van der Waals surface area contributed by atoms with Gasteiger partial charge in [0.15, 0.2) is 11.0 Å². The fraction of sp³-hybridized carbons (Fsp3) is 0.174. The lowest BCUT2D eigenvalue weighted by molar-refractivity contribution is -0.120. The SMILES string of the molecule is COc1ccccc1-n1c(SCCC(=O)NCc2cccs2)nnc1-c1cccc(Cl)c1. The van der Waals surface area contributed by atoms with Gasteiger partial charge in [0, 0.05) is 27.6 Å². The number of rotatable bonds is 9. The van der Waals surface area contributed by atoms with Gasteiger partial charge in [-0.15, -0.1) is 21.5 Å². The fourth-order valence-corrected chi connectivity index (χ4v) is 4.85. The molecule has 0 fully saturated rings. The number of halogens is 1. The van der Waals surface area contributed by atoms with Crippen molar-refractivity contribution in [1.82, 2.24) is 20.1 Å². The molecule has 1 amide bonds. The first-order valence-corrected chi connectivity index (χ1v) is 12.2. The van der Waals surface area contributed by atoms with E-state index < -0.39 is 0 Å². The van der Waals surface area contributed by atoms with E-state index in [1.54, 1.807) is 18.4 Å². The van der Waals surface area contributed by atoms with Crippen LogP contribution in [0.5, 0.6) is 5.75 Å². The highest BCUT2D eigenvalue weighted by Crippen LogP contribution is 2.33. The average Bonchev–Trinajstić information content (AvgIpc) is 3.48. The summed E-state index contributed by atoms with van der Waals surface area (Å²) in [4.78, 5) is 13.4. The molecule has 1 N–H and O–H groups in total. The van der Waals surface area contributed by atoms with Crippen molar-refractivity contribution in [2.75, 3.05) is 12.9 Å². The molecule has 2 aromatic heterocycles. The minimum Gasteiger partial charge on any atom is -0.495 e. The summed E-state index contributed by atoms with van der Waals surface area (Å²) >= 11 is 9.32. The molecule has 0 aliphatic rings. The number of benzene rings is 2. The molecule has 4 rings (SSSR count). The Labute approximate surface area is 199 Å². The van der Waals surface area contributed by atoms with Crippen LogP contribution in [0, 0.1) is 0 Å². The molecule has 164 valence electrons. The number of thioether (sulfide) groups is 1. The highest BCUT2D eigenvalue weighted by Gasteiger charge is 2.19. The number of nitrogens with one attached hydrogen (secondary N) is 1. The van der Waals surface area contributed by atoms with Gasteiger partial charge in [-0.2, -0.15) is 0 Å². The van der Waals surface area contributed by atoms with Crippen LogP contribution in [0.25, 0.3) is 17.1 Å². The number of carbonyl (C=O) groups excluding carboxylic acids is 1. The zero-order valence-electron chi connectivity index (χ0n) is 17.3. The molecule has 0 unspecified atom stereocenters. The third-order valence-corrected chi connectivity index (χ3v) is 6.68. The molecule has 4 aromatic rings. The van der Waals surface area contributed by atoms with E-state index in [0.717, 1.165) is 16.1 Å². The van der Waals surface area contributed by atoms with Gasteiger partial charge in [-0.1, -0.05) is 53.7 Å². The first-order chi connectivity index (χ1) is 15.7. The first-order valence-electron chi connectivity index (χ1n) is 9.92. The predicted molar refractivity (Wildman–Crippen MR) is 130 cm³/mol. The number of nitrogens with zero attached hydrogens (tertiary/aromatic N) is 3. The Morgan fingerprint density at radius 1 is 1.16 bits per heavy atom. The van der Waals surface area contributed by atoms with Crippen LogP contribution < -0.4 is 10.1 Å². The van der Waals surface area contributed by atoms with Gasteiger partial charge in [-0.05, 0) is 35.7 Å². The molecule has 0 atom stereocenters. The van der Waals surface area contributed by atoms with E-state index in [1.165, 1.54) is 11.8 Å². The third kappa shape index (κ3) is 5.32. The van der Waals surface area contributed by atoms with Gasteiger partial charge in [0.25, 0.3) is 0 Å². The summed E-state index contributed by atoms with van der Waals surface area (Å²) in [7, 11) is 1.63. The lowest BCUT2D eigenvalue weighted by Gasteiger charge is -2.14. The summed E-state index contributed by atoms with van der Waals surface area (Å²) in [6, 6.07) is 19.2. The van der Waals surface area contributed by atoms with Crippen LogP contribution in [-0.2, 0) is 11.3 Å². The van der Waals surface area contributed by atoms with Crippen molar-refractivity contribution in [1.29, 1.82) is 0 Å². The maximum atomic E-state index is 12.3. The van der Waals surface area contributed by atoms with Gasteiger partial charge in [0.2, 0.25) is 5.91 Å². The van der Waals surface area contributed by atoms with Crippen molar-refractivity contribution < 1.29 is 9.53 Å². The van der Waals surface area contributed by atoms with Crippen LogP contribution in [0.15, 0.2) is 71.2 Å². The Balaban J connectivity index is 1.54. The highest BCUT2D eigenvalue weighted by molar-refractivity contribution is 7.99. The van der Waals surface area contributed by atoms with Crippen molar-refractivity contribution in [3.63, 3.8) is 0 Å². The zero-order valence-corrected chi connectivity index (χ0v) is 19.7. The molecule has 0 bridgehead atoms. The predicted octanol–water partition coefficient (Wildman–Crippen LogP) is 5.46. The summed E-state index contributed by atoms with van der Waals surface area (Å²) in [5.74, 6) is 1.93. The standard InChI is InChI=1S/C23H21ClN4O2S2/c1-30-20-10-3-2-9-19(20)28-22(16-6-4-7-17(24)14-16)26-27-23(28)32-13-11-21(29)25-15-18-8-5-12-31-18/h2-10,12,14H,11,13,15H2,1H3,(H,25,29). The van der Waals surface area contributed by atoms with Crippen LogP contribution >= 0.6 is 34.7 Å². The second-order valence-corrected chi connectivity index (χ2v) is 9.31. The Hall–Kier alpha value is -2.81. The van der Waals surface area contributed by atoms with Crippen molar-refractivity contribution in [3.8, 4) is 22.8 Å². The molecule has 0 saturated carbocycles. The first kappa shape index (κ1) is 22.4. The van der Waals surface area contributed by atoms with E-state index in [-0.39, 0.29) is 5.91 Å². The largest absolute Gasteiger partial charge is 0.495 e. The number of thiophene rings is 1. The minimum absolute atomic E-state index is 0.00400. The van der Waals surface area contributed by atoms with E-state index >= 15 is 0 Å².